The summed E-state index contributed by atoms with van der Waals surface area (Å²) in [4.78, 5) is 20.4. The number of nitrogens with one attached hydrogen (secondary N) is 1. The molecule has 1 amide bonds. The molecular formula is C7H6FN3O4. The largest absolute Gasteiger partial charge is 0.393 e. The van der Waals surface area contributed by atoms with Gasteiger partial charge >= 0.3 is 0 Å². The van der Waals surface area contributed by atoms with Crippen LogP contribution in [0.2, 0.25) is 0 Å². The summed E-state index contributed by atoms with van der Waals surface area (Å²) in [6, 6.07) is 1.29. The van der Waals surface area contributed by atoms with Crippen LogP contribution in [0, 0.1) is 15.9 Å². The number of nitrogen functional groups attached to an aromatic ring is 1. The lowest BCUT2D eigenvalue weighted by atomic mass is 10.1. The molecule has 0 spiro atoms. The number of benzene rings is 1. The molecule has 0 saturated heterocycles. The lowest BCUT2D eigenvalue weighted by Crippen LogP contribution is -2.20. The Labute approximate surface area is 82.4 Å². The quantitative estimate of drug-likeness (QED) is 0.286. The average Bonchev–Trinajstić information content (AvgIpc) is 2.16. The number of anilines is 1. The normalized spacial score (nSPS) is 9.73. The van der Waals surface area contributed by atoms with Gasteiger partial charge in [0.25, 0.3) is 11.6 Å². The fraction of sp³-hybridized carbons (Fsp3) is 0. The fourth-order valence-corrected chi connectivity index (χ4v) is 0.970. The molecule has 0 aliphatic rings. The monoisotopic (exact) mass is 215 g/mol. The Morgan fingerprint density at radius 3 is 2.67 bits per heavy atom. The molecule has 4 N–H and O–H groups in total. The maximum absolute atomic E-state index is 13.1. The molecule has 1 aromatic carbocycles. The summed E-state index contributed by atoms with van der Waals surface area (Å²) in [7, 11) is 0. The van der Waals surface area contributed by atoms with E-state index in [1.807, 2.05) is 0 Å². The minimum Gasteiger partial charge on any atom is -0.393 e. The number of nitrogens with two attached hydrogens (primary N) is 1. The molecule has 15 heavy (non-hydrogen) atoms. The SMILES string of the molecule is Nc1cc(F)c(C(=O)NO)cc1[N+](=O)[O-]. The molecule has 0 radical (unpaired) electrons. The number of nitrogens with zero attached hydrogens (tertiary/aromatic N) is 1. The predicted molar refractivity (Wildman–Crippen MR) is 46.7 cm³/mol. The van der Waals surface area contributed by atoms with Crippen LogP contribution in [0.3, 0.4) is 0 Å². The molecule has 0 aliphatic heterocycles. The highest BCUT2D eigenvalue weighted by Crippen LogP contribution is 2.24. The van der Waals surface area contributed by atoms with Crippen molar-refractivity contribution in [2.75, 3.05) is 5.73 Å². The Balaban J connectivity index is 3.36. The molecule has 0 saturated carbocycles. The van der Waals surface area contributed by atoms with Gasteiger partial charge in [-0.1, -0.05) is 0 Å². The maximum Gasteiger partial charge on any atom is 0.293 e. The third-order valence-electron chi connectivity index (χ3n) is 1.66. The minimum atomic E-state index is -1.18. The van der Waals surface area contributed by atoms with Crippen LogP contribution in [-0.2, 0) is 0 Å². The molecule has 0 atom stereocenters. The number of carbonyl (C=O) groups is 1. The minimum absolute atomic E-state index is 0.396. The first-order valence-electron chi connectivity index (χ1n) is 3.65. The van der Waals surface area contributed by atoms with Crippen LogP contribution in [0.1, 0.15) is 10.4 Å². The highest BCUT2D eigenvalue weighted by molar-refractivity contribution is 5.95. The highest BCUT2D eigenvalue weighted by Gasteiger charge is 2.20. The lowest BCUT2D eigenvalue weighted by Gasteiger charge is -2.02. The smallest absolute Gasteiger partial charge is 0.293 e. The fourth-order valence-electron chi connectivity index (χ4n) is 0.970. The number of rotatable bonds is 2. The predicted octanol–water partition coefficient (Wildman–Crippen LogP) is 0.435. The van der Waals surface area contributed by atoms with Crippen molar-refractivity contribution in [1.82, 2.24) is 5.48 Å². The van der Waals surface area contributed by atoms with Gasteiger partial charge in [-0.3, -0.25) is 20.1 Å². The molecular weight excluding hydrogens is 209 g/mol. The number of hydroxylamine groups is 1. The van der Waals surface area contributed by atoms with Gasteiger partial charge in [0.05, 0.1) is 10.5 Å². The Morgan fingerprint density at radius 2 is 2.20 bits per heavy atom. The lowest BCUT2D eigenvalue weighted by molar-refractivity contribution is -0.384. The van der Waals surface area contributed by atoms with Crippen LogP contribution >= 0.6 is 0 Å². The molecule has 1 aromatic rings. The molecule has 0 heterocycles. The van der Waals surface area contributed by atoms with E-state index in [2.05, 4.69) is 0 Å². The Morgan fingerprint density at radius 1 is 1.60 bits per heavy atom. The average molecular weight is 215 g/mol. The van der Waals surface area contributed by atoms with Gasteiger partial charge in [-0.2, -0.15) is 0 Å². The summed E-state index contributed by atoms with van der Waals surface area (Å²) in [6.45, 7) is 0. The van der Waals surface area contributed by atoms with Crippen molar-refractivity contribution in [3.05, 3.63) is 33.6 Å². The summed E-state index contributed by atoms with van der Waals surface area (Å²) in [6.07, 6.45) is 0. The number of carbonyl (C=O) groups excluding carboxylic acids is 1. The van der Waals surface area contributed by atoms with Crippen molar-refractivity contribution < 1.29 is 19.3 Å². The summed E-state index contributed by atoms with van der Waals surface area (Å²) in [5.74, 6) is -2.24. The second kappa shape index (κ2) is 3.88. The van der Waals surface area contributed by atoms with E-state index in [4.69, 9.17) is 10.9 Å². The van der Waals surface area contributed by atoms with Gasteiger partial charge in [0.1, 0.15) is 11.5 Å². The molecule has 7 nitrogen and oxygen atoms in total. The summed E-state index contributed by atoms with van der Waals surface area (Å²) < 4.78 is 13.1. The molecule has 0 aliphatic carbocycles. The van der Waals surface area contributed by atoms with E-state index in [0.717, 1.165) is 0 Å². The first kappa shape index (κ1) is 10.9. The molecule has 0 aromatic heterocycles. The van der Waals surface area contributed by atoms with Crippen molar-refractivity contribution in [2.24, 2.45) is 0 Å². The van der Waals surface area contributed by atoms with Crippen LogP contribution in [-0.4, -0.2) is 16.0 Å². The zero-order valence-corrected chi connectivity index (χ0v) is 7.23. The van der Waals surface area contributed by atoms with Crippen LogP contribution in [0.25, 0.3) is 0 Å². The van der Waals surface area contributed by atoms with Gasteiger partial charge in [0.2, 0.25) is 0 Å². The summed E-state index contributed by atoms with van der Waals surface area (Å²) in [5, 5.41) is 18.6. The van der Waals surface area contributed by atoms with Gasteiger partial charge in [-0.15, -0.1) is 0 Å². The summed E-state index contributed by atoms with van der Waals surface area (Å²) in [5.41, 5.74) is 4.67. The van der Waals surface area contributed by atoms with E-state index in [-0.39, 0.29) is 0 Å². The van der Waals surface area contributed by atoms with Crippen molar-refractivity contribution in [1.29, 1.82) is 0 Å². The molecule has 80 valence electrons. The highest BCUT2D eigenvalue weighted by atomic mass is 19.1. The van der Waals surface area contributed by atoms with E-state index in [9.17, 15) is 19.3 Å². The second-order valence-electron chi connectivity index (χ2n) is 2.59. The van der Waals surface area contributed by atoms with E-state index < -0.39 is 33.6 Å². The standard InChI is InChI=1S/C7H6FN3O4/c8-4-2-5(9)6(11(14)15)1-3(4)7(12)10-13/h1-2,13H,9H2,(H,10,12). The number of hydrogen-bond donors (Lipinski definition) is 3. The van der Waals surface area contributed by atoms with Gasteiger partial charge in [-0.25, -0.2) is 9.87 Å². The third-order valence-corrected chi connectivity index (χ3v) is 1.66. The Kier molecular flexibility index (Phi) is 2.81. The molecule has 0 fully saturated rings. The molecule has 1 rings (SSSR count). The Hall–Kier alpha value is -2.22. The van der Waals surface area contributed by atoms with Crippen molar-refractivity contribution >= 4 is 17.3 Å². The molecule has 0 bridgehead atoms. The van der Waals surface area contributed by atoms with Crippen LogP contribution in [0.5, 0.6) is 0 Å². The number of hydrogen-bond acceptors (Lipinski definition) is 5. The van der Waals surface area contributed by atoms with Gasteiger partial charge in [-0.05, 0) is 0 Å². The zero-order valence-electron chi connectivity index (χ0n) is 7.23. The third kappa shape index (κ3) is 1.99. The van der Waals surface area contributed by atoms with Gasteiger partial charge in [0, 0.05) is 12.1 Å². The number of nitro benzene ring substituents is 1. The Bertz CT molecular complexity index is 434. The van der Waals surface area contributed by atoms with Crippen LogP contribution in [0.4, 0.5) is 15.8 Å². The topological polar surface area (TPSA) is 118 Å². The first-order valence-corrected chi connectivity index (χ1v) is 3.65. The van der Waals surface area contributed by atoms with Crippen LogP contribution < -0.4 is 11.2 Å². The summed E-state index contributed by atoms with van der Waals surface area (Å²) >= 11 is 0. The second-order valence-corrected chi connectivity index (χ2v) is 2.59. The van der Waals surface area contributed by atoms with E-state index in [1.165, 1.54) is 5.48 Å². The maximum atomic E-state index is 13.1. The van der Waals surface area contributed by atoms with E-state index in [1.54, 1.807) is 0 Å². The zero-order chi connectivity index (χ0) is 11.6. The number of nitro groups is 1. The van der Waals surface area contributed by atoms with Gasteiger partial charge < -0.3 is 5.73 Å². The van der Waals surface area contributed by atoms with E-state index in [0.29, 0.717) is 12.1 Å². The first-order chi connectivity index (χ1) is 6.97. The van der Waals surface area contributed by atoms with Gasteiger partial charge in [0.15, 0.2) is 0 Å². The van der Waals surface area contributed by atoms with Crippen molar-refractivity contribution in [3.8, 4) is 0 Å². The number of halogens is 1. The molecule has 8 heteroatoms. The molecule has 0 unspecified atom stereocenters. The van der Waals surface area contributed by atoms with Crippen LogP contribution in [0.15, 0.2) is 12.1 Å². The van der Waals surface area contributed by atoms with Crippen molar-refractivity contribution in [2.45, 2.75) is 0 Å². The van der Waals surface area contributed by atoms with E-state index >= 15 is 0 Å². The number of amides is 1. The van der Waals surface area contributed by atoms with Crippen molar-refractivity contribution in [3.63, 3.8) is 0 Å².